The van der Waals surface area contributed by atoms with Gasteiger partial charge in [0.05, 0.1) is 17.9 Å². The van der Waals surface area contributed by atoms with Crippen molar-refractivity contribution in [2.24, 2.45) is 0 Å². The predicted molar refractivity (Wildman–Crippen MR) is 127 cm³/mol. The maximum Gasteiger partial charge on any atom is 0.335 e. The summed E-state index contributed by atoms with van der Waals surface area (Å²) in [6.07, 6.45) is 2.26. The number of pyridine rings is 1. The number of benzene rings is 3. The van der Waals surface area contributed by atoms with Crippen molar-refractivity contribution < 1.29 is 19.4 Å². The van der Waals surface area contributed by atoms with Gasteiger partial charge in [-0.15, -0.1) is 0 Å². The van der Waals surface area contributed by atoms with Gasteiger partial charge in [-0.25, -0.2) is 4.79 Å². The van der Waals surface area contributed by atoms with Gasteiger partial charge in [-0.2, -0.15) is 0 Å². The van der Waals surface area contributed by atoms with Gasteiger partial charge in [0.15, 0.2) is 0 Å². The minimum Gasteiger partial charge on any atom is -0.493 e. The fraction of sp³-hybridized carbons (Fsp3) is 0.0741. The van der Waals surface area contributed by atoms with E-state index in [1.807, 2.05) is 30.3 Å². The SMILES string of the molecule is O=C(O)c1ccnc(-c2cccc(C(=O)Nc3ccc(OCCc4ccccc4)cc3)c2)c1. The molecular formula is C27H22N2O4. The largest absolute Gasteiger partial charge is 0.493 e. The van der Waals surface area contributed by atoms with E-state index in [-0.39, 0.29) is 11.5 Å². The number of hydrogen-bond donors (Lipinski definition) is 2. The maximum atomic E-state index is 12.7. The molecule has 0 radical (unpaired) electrons. The first-order chi connectivity index (χ1) is 16.1. The molecule has 1 aromatic heterocycles. The van der Waals surface area contributed by atoms with Crippen LogP contribution in [0.5, 0.6) is 5.75 Å². The molecule has 0 saturated heterocycles. The second kappa shape index (κ2) is 10.2. The summed E-state index contributed by atoms with van der Waals surface area (Å²) < 4.78 is 5.78. The molecule has 0 fully saturated rings. The Labute approximate surface area is 191 Å². The van der Waals surface area contributed by atoms with Crippen LogP contribution in [0.1, 0.15) is 26.3 Å². The zero-order valence-electron chi connectivity index (χ0n) is 17.8. The van der Waals surface area contributed by atoms with E-state index in [4.69, 9.17) is 4.74 Å². The molecule has 4 aromatic rings. The molecule has 2 N–H and O–H groups in total. The number of rotatable bonds is 8. The van der Waals surface area contributed by atoms with E-state index in [9.17, 15) is 14.7 Å². The Bertz CT molecular complexity index is 1250. The average Bonchev–Trinajstić information content (AvgIpc) is 2.86. The number of hydrogen-bond acceptors (Lipinski definition) is 4. The molecular weight excluding hydrogens is 416 g/mol. The summed E-state index contributed by atoms with van der Waals surface area (Å²) in [6.45, 7) is 0.569. The normalized spacial score (nSPS) is 10.4. The third-order valence-electron chi connectivity index (χ3n) is 5.04. The van der Waals surface area contributed by atoms with Crippen molar-refractivity contribution >= 4 is 17.6 Å². The van der Waals surface area contributed by atoms with Crippen LogP contribution in [0.2, 0.25) is 0 Å². The smallest absolute Gasteiger partial charge is 0.335 e. The molecule has 0 aliphatic carbocycles. The maximum absolute atomic E-state index is 12.7. The van der Waals surface area contributed by atoms with Crippen LogP contribution in [-0.2, 0) is 6.42 Å². The number of aromatic nitrogens is 1. The van der Waals surface area contributed by atoms with Gasteiger partial charge in [0.1, 0.15) is 5.75 Å². The van der Waals surface area contributed by atoms with Crippen LogP contribution >= 0.6 is 0 Å². The second-order valence-corrected chi connectivity index (χ2v) is 7.38. The second-order valence-electron chi connectivity index (χ2n) is 7.38. The Morgan fingerprint density at radius 3 is 2.39 bits per heavy atom. The van der Waals surface area contributed by atoms with E-state index in [1.54, 1.807) is 36.4 Å². The summed E-state index contributed by atoms with van der Waals surface area (Å²) >= 11 is 0. The monoisotopic (exact) mass is 438 g/mol. The lowest BCUT2D eigenvalue weighted by Gasteiger charge is -2.09. The first-order valence-electron chi connectivity index (χ1n) is 10.5. The lowest BCUT2D eigenvalue weighted by atomic mass is 10.1. The van der Waals surface area contributed by atoms with Gasteiger partial charge >= 0.3 is 5.97 Å². The number of carbonyl (C=O) groups excluding carboxylic acids is 1. The number of amides is 1. The molecule has 0 atom stereocenters. The summed E-state index contributed by atoms with van der Waals surface area (Å²) in [7, 11) is 0. The number of ether oxygens (including phenoxy) is 1. The molecule has 0 bridgehead atoms. The number of carbonyl (C=O) groups is 2. The topological polar surface area (TPSA) is 88.5 Å². The summed E-state index contributed by atoms with van der Waals surface area (Å²) in [4.78, 5) is 28.2. The quantitative estimate of drug-likeness (QED) is 0.389. The van der Waals surface area contributed by atoms with Crippen molar-refractivity contribution in [3.05, 3.63) is 114 Å². The predicted octanol–water partition coefficient (Wildman–Crippen LogP) is 5.32. The molecule has 3 aromatic carbocycles. The van der Waals surface area contributed by atoms with Crippen LogP contribution in [0, 0.1) is 0 Å². The van der Waals surface area contributed by atoms with E-state index in [1.165, 1.54) is 23.9 Å². The van der Waals surface area contributed by atoms with Crippen molar-refractivity contribution in [1.29, 1.82) is 0 Å². The lowest BCUT2D eigenvalue weighted by Crippen LogP contribution is -2.12. The van der Waals surface area contributed by atoms with E-state index < -0.39 is 5.97 Å². The van der Waals surface area contributed by atoms with Gasteiger partial charge < -0.3 is 15.2 Å². The molecule has 0 aliphatic heterocycles. The average molecular weight is 438 g/mol. The minimum atomic E-state index is -1.03. The summed E-state index contributed by atoms with van der Waals surface area (Å²) in [6, 6.07) is 27.2. The zero-order chi connectivity index (χ0) is 23.0. The van der Waals surface area contributed by atoms with Crippen molar-refractivity contribution in [2.75, 3.05) is 11.9 Å². The van der Waals surface area contributed by atoms with Gasteiger partial charge in [-0.05, 0) is 54.1 Å². The van der Waals surface area contributed by atoms with E-state index >= 15 is 0 Å². The molecule has 6 heteroatoms. The highest BCUT2D eigenvalue weighted by atomic mass is 16.5. The van der Waals surface area contributed by atoms with E-state index in [0.29, 0.717) is 29.1 Å². The molecule has 1 heterocycles. The molecule has 164 valence electrons. The third kappa shape index (κ3) is 5.83. The number of carboxylic acid groups (broad SMARTS) is 1. The van der Waals surface area contributed by atoms with Gasteiger partial charge in [-0.3, -0.25) is 9.78 Å². The van der Waals surface area contributed by atoms with E-state index in [2.05, 4.69) is 22.4 Å². The molecule has 6 nitrogen and oxygen atoms in total. The fourth-order valence-electron chi connectivity index (χ4n) is 3.31. The highest BCUT2D eigenvalue weighted by Crippen LogP contribution is 2.21. The van der Waals surface area contributed by atoms with Crippen LogP contribution < -0.4 is 10.1 Å². The van der Waals surface area contributed by atoms with Gasteiger partial charge in [0.25, 0.3) is 5.91 Å². The molecule has 0 unspecified atom stereocenters. The highest BCUT2D eigenvalue weighted by molar-refractivity contribution is 6.05. The van der Waals surface area contributed by atoms with Crippen LogP contribution in [0.3, 0.4) is 0 Å². The molecule has 1 amide bonds. The van der Waals surface area contributed by atoms with E-state index in [0.717, 1.165) is 12.2 Å². The summed E-state index contributed by atoms with van der Waals surface area (Å²) in [5.74, 6) is -0.570. The minimum absolute atomic E-state index is 0.140. The van der Waals surface area contributed by atoms with Crippen molar-refractivity contribution in [3.8, 4) is 17.0 Å². The number of aromatic carboxylic acids is 1. The van der Waals surface area contributed by atoms with Crippen LogP contribution in [-0.4, -0.2) is 28.6 Å². The van der Waals surface area contributed by atoms with Gasteiger partial charge in [0.2, 0.25) is 0 Å². The molecule has 4 rings (SSSR count). The first kappa shape index (κ1) is 21.8. The lowest BCUT2D eigenvalue weighted by molar-refractivity contribution is 0.0696. The summed E-state index contributed by atoms with van der Waals surface area (Å²) in [5, 5.41) is 12.0. The van der Waals surface area contributed by atoms with Gasteiger partial charge in [0, 0.05) is 29.4 Å². The fourth-order valence-corrected chi connectivity index (χ4v) is 3.31. The summed E-state index contributed by atoms with van der Waals surface area (Å²) in [5.41, 5.74) is 3.59. The van der Waals surface area contributed by atoms with Crippen molar-refractivity contribution in [1.82, 2.24) is 4.98 Å². The van der Waals surface area contributed by atoms with Crippen LogP contribution in [0.15, 0.2) is 97.2 Å². The molecule has 33 heavy (non-hydrogen) atoms. The highest BCUT2D eigenvalue weighted by Gasteiger charge is 2.10. The third-order valence-corrected chi connectivity index (χ3v) is 5.04. The Morgan fingerprint density at radius 2 is 1.64 bits per heavy atom. The molecule has 0 spiro atoms. The number of carboxylic acids is 1. The first-order valence-corrected chi connectivity index (χ1v) is 10.5. The van der Waals surface area contributed by atoms with Crippen molar-refractivity contribution in [2.45, 2.75) is 6.42 Å². The Hall–Kier alpha value is -4.45. The van der Waals surface area contributed by atoms with Crippen molar-refractivity contribution in [3.63, 3.8) is 0 Å². The Balaban J connectivity index is 1.37. The van der Waals surface area contributed by atoms with Crippen LogP contribution in [0.25, 0.3) is 11.3 Å². The zero-order valence-corrected chi connectivity index (χ0v) is 17.8. The number of nitrogens with zero attached hydrogens (tertiary/aromatic N) is 1. The number of nitrogens with one attached hydrogen (secondary N) is 1. The Kier molecular flexibility index (Phi) is 6.75. The molecule has 0 aliphatic rings. The number of anilines is 1. The Morgan fingerprint density at radius 1 is 0.848 bits per heavy atom. The van der Waals surface area contributed by atoms with Crippen LogP contribution in [0.4, 0.5) is 5.69 Å². The van der Waals surface area contributed by atoms with Gasteiger partial charge in [-0.1, -0.05) is 42.5 Å². The molecule has 0 saturated carbocycles. The standard InChI is InChI=1S/C27H22N2O4/c30-26(21-8-4-7-20(17-21)25-18-22(27(31)32)13-15-28-25)29-23-9-11-24(12-10-23)33-16-14-19-5-2-1-3-6-19/h1-13,15,17-18H,14,16H2,(H,29,30)(H,31,32).